The Kier molecular flexibility index (Phi) is 3.39. The molecule has 4 nitrogen and oxygen atoms in total. The van der Waals surface area contributed by atoms with Crippen LogP contribution in [-0.2, 0) is 0 Å². The quantitative estimate of drug-likeness (QED) is 0.770. The molecule has 0 saturated carbocycles. The zero-order valence-corrected chi connectivity index (χ0v) is 8.60. The predicted octanol–water partition coefficient (Wildman–Crippen LogP) is 0.482. The molecular weight excluding hydrogens is 186 g/mol. The van der Waals surface area contributed by atoms with E-state index < -0.39 is 0 Å². The van der Waals surface area contributed by atoms with Crippen molar-refractivity contribution < 1.29 is 4.79 Å². The zero-order chi connectivity index (χ0) is 9.84. The highest BCUT2D eigenvalue weighted by Gasteiger charge is 2.12. The standard InChI is InChI=1S/C8H13N3OS/c1-6-10-5-7(13-6)8(12)11(2)4-3-9/h5H,3-4,9H2,1-2H3. The Morgan fingerprint density at radius 2 is 2.46 bits per heavy atom. The van der Waals surface area contributed by atoms with Gasteiger partial charge >= 0.3 is 0 Å². The van der Waals surface area contributed by atoms with Crippen LogP contribution in [0.3, 0.4) is 0 Å². The number of aromatic nitrogens is 1. The van der Waals surface area contributed by atoms with Crippen LogP contribution >= 0.6 is 11.3 Å². The number of nitrogens with two attached hydrogens (primary N) is 1. The van der Waals surface area contributed by atoms with Crippen LogP contribution in [0.4, 0.5) is 0 Å². The van der Waals surface area contributed by atoms with Crippen molar-refractivity contribution in [2.75, 3.05) is 20.1 Å². The van der Waals surface area contributed by atoms with Gasteiger partial charge in [-0.2, -0.15) is 0 Å². The van der Waals surface area contributed by atoms with E-state index in [1.54, 1.807) is 18.1 Å². The number of thiazole rings is 1. The van der Waals surface area contributed by atoms with Gasteiger partial charge in [-0.1, -0.05) is 0 Å². The Hall–Kier alpha value is -0.940. The highest BCUT2D eigenvalue weighted by atomic mass is 32.1. The van der Waals surface area contributed by atoms with Gasteiger partial charge in [-0.15, -0.1) is 11.3 Å². The summed E-state index contributed by atoms with van der Waals surface area (Å²) in [7, 11) is 1.74. The molecule has 0 aromatic carbocycles. The third kappa shape index (κ3) is 2.50. The molecule has 72 valence electrons. The van der Waals surface area contributed by atoms with Gasteiger partial charge in [0.05, 0.1) is 11.2 Å². The molecule has 5 heteroatoms. The van der Waals surface area contributed by atoms with Gasteiger partial charge in [0.15, 0.2) is 0 Å². The van der Waals surface area contributed by atoms with E-state index in [0.29, 0.717) is 18.0 Å². The minimum absolute atomic E-state index is 0.00366. The maximum atomic E-state index is 11.6. The molecule has 0 bridgehead atoms. The lowest BCUT2D eigenvalue weighted by Crippen LogP contribution is -2.31. The van der Waals surface area contributed by atoms with Crippen molar-refractivity contribution in [1.82, 2.24) is 9.88 Å². The number of hydrogen-bond acceptors (Lipinski definition) is 4. The van der Waals surface area contributed by atoms with Gasteiger partial charge in [0, 0.05) is 20.1 Å². The van der Waals surface area contributed by atoms with E-state index in [2.05, 4.69) is 4.98 Å². The van der Waals surface area contributed by atoms with E-state index in [1.807, 2.05) is 6.92 Å². The highest BCUT2D eigenvalue weighted by molar-refractivity contribution is 7.13. The summed E-state index contributed by atoms with van der Waals surface area (Å²) in [4.78, 5) is 17.9. The van der Waals surface area contributed by atoms with Crippen LogP contribution in [0.5, 0.6) is 0 Å². The summed E-state index contributed by atoms with van der Waals surface area (Å²) in [5.41, 5.74) is 5.34. The molecule has 0 aliphatic carbocycles. The number of carbonyl (C=O) groups excluding carboxylic acids is 1. The summed E-state index contributed by atoms with van der Waals surface area (Å²) in [6, 6.07) is 0. The second kappa shape index (κ2) is 4.34. The molecule has 1 aromatic rings. The van der Waals surface area contributed by atoms with Gasteiger partial charge < -0.3 is 10.6 Å². The molecule has 13 heavy (non-hydrogen) atoms. The van der Waals surface area contributed by atoms with Gasteiger partial charge in [0.2, 0.25) is 0 Å². The van der Waals surface area contributed by atoms with Crippen LogP contribution in [0.15, 0.2) is 6.20 Å². The first-order valence-electron chi connectivity index (χ1n) is 4.03. The fourth-order valence-electron chi connectivity index (χ4n) is 0.944. The molecule has 0 radical (unpaired) electrons. The van der Waals surface area contributed by atoms with Crippen LogP contribution in [0.1, 0.15) is 14.7 Å². The first-order chi connectivity index (χ1) is 6.15. The molecule has 0 atom stereocenters. The van der Waals surface area contributed by atoms with Crippen LogP contribution in [0, 0.1) is 6.92 Å². The lowest BCUT2D eigenvalue weighted by Gasteiger charge is -2.13. The first-order valence-corrected chi connectivity index (χ1v) is 4.84. The maximum Gasteiger partial charge on any atom is 0.265 e. The summed E-state index contributed by atoms with van der Waals surface area (Å²) < 4.78 is 0. The molecule has 1 amide bonds. The Morgan fingerprint density at radius 1 is 1.77 bits per heavy atom. The summed E-state index contributed by atoms with van der Waals surface area (Å²) in [6.45, 7) is 2.94. The van der Waals surface area contributed by atoms with E-state index in [9.17, 15) is 4.79 Å². The average Bonchev–Trinajstić information content (AvgIpc) is 2.51. The molecule has 1 rings (SSSR count). The molecule has 0 unspecified atom stereocenters. The molecule has 1 heterocycles. The van der Waals surface area contributed by atoms with Gasteiger partial charge in [0.25, 0.3) is 5.91 Å². The second-order valence-electron chi connectivity index (χ2n) is 2.76. The molecular formula is C8H13N3OS. The molecule has 0 spiro atoms. The third-order valence-corrected chi connectivity index (χ3v) is 2.54. The SMILES string of the molecule is Cc1ncc(C(=O)N(C)CCN)s1. The Morgan fingerprint density at radius 3 is 2.92 bits per heavy atom. The number of hydrogen-bond donors (Lipinski definition) is 1. The Labute approximate surface area is 81.4 Å². The number of nitrogens with zero attached hydrogens (tertiary/aromatic N) is 2. The number of likely N-dealkylation sites (N-methyl/N-ethyl adjacent to an activating group) is 1. The van der Waals surface area contributed by atoms with Crippen LogP contribution in [0.25, 0.3) is 0 Å². The molecule has 0 aliphatic rings. The summed E-state index contributed by atoms with van der Waals surface area (Å²) in [5.74, 6) is -0.00366. The zero-order valence-electron chi connectivity index (χ0n) is 7.78. The lowest BCUT2D eigenvalue weighted by molar-refractivity contribution is 0.0803. The van der Waals surface area contributed by atoms with E-state index >= 15 is 0 Å². The molecule has 0 fully saturated rings. The van der Waals surface area contributed by atoms with Gasteiger partial charge in [-0.05, 0) is 6.92 Å². The molecule has 1 aromatic heterocycles. The molecule has 0 aliphatic heterocycles. The fourth-order valence-corrected chi connectivity index (χ4v) is 1.72. The second-order valence-corrected chi connectivity index (χ2v) is 3.99. The fraction of sp³-hybridized carbons (Fsp3) is 0.500. The molecule has 0 saturated heterocycles. The summed E-state index contributed by atoms with van der Waals surface area (Å²) in [5, 5.41) is 0.907. The van der Waals surface area contributed by atoms with E-state index in [-0.39, 0.29) is 5.91 Å². The minimum atomic E-state index is -0.00366. The number of carbonyl (C=O) groups is 1. The van der Waals surface area contributed by atoms with Crippen molar-refractivity contribution in [2.24, 2.45) is 5.73 Å². The van der Waals surface area contributed by atoms with E-state index in [1.165, 1.54) is 11.3 Å². The summed E-state index contributed by atoms with van der Waals surface area (Å²) >= 11 is 1.41. The average molecular weight is 199 g/mol. The van der Waals surface area contributed by atoms with Crippen molar-refractivity contribution in [3.8, 4) is 0 Å². The molecule has 2 N–H and O–H groups in total. The van der Waals surface area contributed by atoms with Crippen molar-refractivity contribution in [3.63, 3.8) is 0 Å². The highest BCUT2D eigenvalue weighted by Crippen LogP contribution is 2.13. The van der Waals surface area contributed by atoms with Crippen molar-refractivity contribution in [2.45, 2.75) is 6.92 Å². The van der Waals surface area contributed by atoms with Gasteiger partial charge in [-0.25, -0.2) is 4.98 Å². The minimum Gasteiger partial charge on any atom is -0.340 e. The number of amides is 1. The first kappa shape index (κ1) is 10.1. The third-order valence-electron chi connectivity index (χ3n) is 1.64. The maximum absolute atomic E-state index is 11.6. The van der Waals surface area contributed by atoms with Crippen molar-refractivity contribution >= 4 is 17.2 Å². The van der Waals surface area contributed by atoms with Crippen LogP contribution in [0.2, 0.25) is 0 Å². The van der Waals surface area contributed by atoms with E-state index in [0.717, 1.165) is 5.01 Å². The normalized spacial score (nSPS) is 10.1. The van der Waals surface area contributed by atoms with Crippen LogP contribution in [-0.4, -0.2) is 35.9 Å². The smallest absolute Gasteiger partial charge is 0.265 e. The number of rotatable bonds is 3. The summed E-state index contributed by atoms with van der Waals surface area (Å²) in [6.07, 6.45) is 1.61. The van der Waals surface area contributed by atoms with Crippen molar-refractivity contribution in [3.05, 3.63) is 16.1 Å². The van der Waals surface area contributed by atoms with Gasteiger partial charge in [0.1, 0.15) is 4.88 Å². The van der Waals surface area contributed by atoms with Crippen LogP contribution < -0.4 is 5.73 Å². The Bertz CT molecular complexity index is 297. The van der Waals surface area contributed by atoms with Crippen molar-refractivity contribution in [1.29, 1.82) is 0 Å². The Balaban J connectivity index is 2.67. The predicted molar refractivity (Wildman–Crippen MR) is 52.9 cm³/mol. The monoisotopic (exact) mass is 199 g/mol. The topological polar surface area (TPSA) is 59.2 Å². The largest absolute Gasteiger partial charge is 0.340 e. The van der Waals surface area contributed by atoms with E-state index in [4.69, 9.17) is 5.73 Å². The number of aryl methyl sites for hydroxylation is 1. The van der Waals surface area contributed by atoms with Gasteiger partial charge in [-0.3, -0.25) is 4.79 Å². The lowest BCUT2D eigenvalue weighted by atomic mass is 10.4.